The summed E-state index contributed by atoms with van der Waals surface area (Å²) in [6.07, 6.45) is 9.44. The van der Waals surface area contributed by atoms with Crippen LogP contribution >= 0.6 is 0 Å². The van der Waals surface area contributed by atoms with E-state index in [1.54, 1.807) is 7.11 Å². The second-order valence-electron chi connectivity index (χ2n) is 6.19. The fourth-order valence-electron chi connectivity index (χ4n) is 2.97. The lowest BCUT2D eigenvalue weighted by Crippen LogP contribution is -2.33. The van der Waals surface area contributed by atoms with E-state index in [0.29, 0.717) is 31.7 Å². The van der Waals surface area contributed by atoms with Crippen molar-refractivity contribution in [2.75, 3.05) is 7.11 Å². The van der Waals surface area contributed by atoms with E-state index in [4.69, 9.17) is 11.2 Å². The minimum absolute atomic E-state index is 0.0119. The maximum Gasteiger partial charge on any atom is 0.220 e. The predicted molar refractivity (Wildman–Crippen MR) is 85.7 cm³/mol. The molecule has 1 aromatic rings. The molecule has 0 spiro atoms. The Labute approximate surface area is 141 Å². The fraction of sp³-hybridized carbons (Fsp3) is 0.688. The lowest BCUT2D eigenvalue weighted by molar-refractivity contribution is -0.122. The first-order chi connectivity index (χ1) is 11.7. The van der Waals surface area contributed by atoms with Crippen LogP contribution in [0.4, 0.5) is 0 Å². The Morgan fingerprint density at radius 3 is 3.04 bits per heavy atom. The minimum Gasteiger partial charge on any atom is -0.377 e. The fourth-order valence-corrected chi connectivity index (χ4v) is 2.97. The van der Waals surface area contributed by atoms with Gasteiger partial charge in [-0.1, -0.05) is 0 Å². The van der Waals surface area contributed by atoms with Crippen molar-refractivity contribution in [3.8, 4) is 12.3 Å². The molecule has 0 radical (unpaired) electrons. The Kier molecular flexibility index (Phi) is 4.90. The Morgan fingerprint density at radius 2 is 2.33 bits per heavy atom. The average Bonchev–Trinajstić information content (AvgIpc) is 3.23. The molecule has 8 heteroatoms. The number of nitrogens with one attached hydrogen (secondary N) is 1. The Bertz CT molecular complexity index is 669. The molecule has 8 nitrogen and oxygen atoms in total. The summed E-state index contributed by atoms with van der Waals surface area (Å²) in [5.74, 6) is 4.04. The van der Waals surface area contributed by atoms with Gasteiger partial charge in [-0.15, -0.1) is 12.3 Å². The van der Waals surface area contributed by atoms with E-state index in [1.165, 1.54) is 0 Å². The van der Waals surface area contributed by atoms with Crippen LogP contribution in [0.1, 0.15) is 56.2 Å². The number of ether oxygens (including phenoxy) is 1. The van der Waals surface area contributed by atoms with E-state index in [-0.39, 0.29) is 11.9 Å². The molecular formula is C16H22N6O2. The van der Waals surface area contributed by atoms with Gasteiger partial charge in [-0.2, -0.15) is 15.3 Å². The molecule has 1 N–H and O–H groups in total. The summed E-state index contributed by atoms with van der Waals surface area (Å²) in [4.78, 5) is 16.8. The van der Waals surface area contributed by atoms with Crippen LogP contribution < -0.4 is 5.32 Å². The molecule has 0 saturated carbocycles. The molecule has 0 fully saturated rings. The highest BCUT2D eigenvalue weighted by Crippen LogP contribution is 2.37. The maximum atomic E-state index is 12.3. The van der Waals surface area contributed by atoms with Crippen molar-refractivity contribution in [1.82, 2.24) is 20.1 Å². The summed E-state index contributed by atoms with van der Waals surface area (Å²) in [6.45, 7) is 1.20. The van der Waals surface area contributed by atoms with Gasteiger partial charge in [0.1, 0.15) is 12.4 Å². The van der Waals surface area contributed by atoms with E-state index in [1.807, 2.05) is 4.68 Å². The van der Waals surface area contributed by atoms with Crippen LogP contribution in [-0.2, 0) is 22.7 Å². The van der Waals surface area contributed by atoms with Crippen LogP contribution in [0, 0.1) is 12.3 Å². The first kappa shape index (κ1) is 16.6. The van der Waals surface area contributed by atoms with Gasteiger partial charge in [-0.05, 0) is 12.8 Å². The largest absolute Gasteiger partial charge is 0.377 e. The van der Waals surface area contributed by atoms with Crippen LogP contribution in [0.3, 0.4) is 0 Å². The van der Waals surface area contributed by atoms with Gasteiger partial charge in [0.25, 0.3) is 0 Å². The van der Waals surface area contributed by atoms with E-state index in [0.717, 1.165) is 31.6 Å². The van der Waals surface area contributed by atoms with Gasteiger partial charge in [0.05, 0.1) is 6.04 Å². The van der Waals surface area contributed by atoms with Gasteiger partial charge >= 0.3 is 0 Å². The third-order valence-corrected chi connectivity index (χ3v) is 4.33. The Morgan fingerprint density at radius 1 is 1.50 bits per heavy atom. The first-order valence-corrected chi connectivity index (χ1v) is 8.25. The molecule has 0 saturated heterocycles. The molecule has 1 atom stereocenters. The number of aryl methyl sites for hydroxylation is 1. The molecule has 24 heavy (non-hydrogen) atoms. The summed E-state index contributed by atoms with van der Waals surface area (Å²) in [6, 6.07) is -0.0981. The van der Waals surface area contributed by atoms with Gasteiger partial charge in [-0.25, -0.2) is 9.67 Å². The van der Waals surface area contributed by atoms with E-state index in [2.05, 4.69) is 31.5 Å². The first-order valence-electron chi connectivity index (χ1n) is 8.25. The lowest BCUT2D eigenvalue weighted by atomic mass is 10.0. The second-order valence-corrected chi connectivity index (χ2v) is 6.19. The number of methoxy groups -OCH3 is 1. The number of carbonyl (C=O) groups excluding carboxylic acids is 1. The van der Waals surface area contributed by atoms with Crippen molar-refractivity contribution in [2.24, 2.45) is 10.2 Å². The van der Waals surface area contributed by atoms with Crippen molar-refractivity contribution in [2.45, 2.75) is 63.4 Å². The third-order valence-electron chi connectivity index (χ3n) is 4.33. The molecular weight excluding hydrogens is 308 g/mol. The minimum atomic E-state index is -0.415. The normalized spacial score (nSPS) is 20.2. The summed E-state index contributed by atoms with van der Waals surface area (Å²) >= 11 is 0. The summed E-state index contributed by atoms with van der Waals surface area (Å²) in [7, 11) is 1.61. The van der Waals surface area contributed by atoms with Crippen LogP contribution in [0.15, 0.2) is 10.2 Å². The lowest BCUT2D eigenvalue weighted by Gasteiger charge is -2.23. The number of fused-ring (bicyclic) bond motifs is 1. The van der Waals surface area contributed by atoms with Crippen LogP contribution in [0.2, 0.25) is 0 Å². The summed E-state index contributed by atoms with van der Waals surface area (Å²) < 4.78 is 6.94. The molecule has 3 heterocycles. The van der Waals surface area contributed by atoms with Crippen LogP contribution in [0.5, 0.6) is 0 Å². The quantitative estimate of drug-likeness (QED) is 0.735. The number of hydrogen-bond donors (Lipinski definition) is 1. The zero-order valence-corrected chi connectivity index (χ0v) is 13.9. The Balaban J connectivity index is 1.53. The van der Waals surface area contributed by atoms with Crippen LogP contribution in [-0.4, -0.2) is 33.4 Å². The van der Waals surface area contributed by atoms with Gasteiger partial charge in [0.15, 0.2) is 11.5 Å². The predicted octanol–water partition coefficient (Wildman–Crippen LogP) is 1.73. The van der Waals surface area contributed by atoms with E-state index in [9.17, 15) is 4.79 Å². The van der Waals surface area contributed by atoms with Crippen molar-refractivity contribution >= 4 is 5.91 Å². The van der Waals surface area contributed by atoms with Crippen molar-refractivity contribution in [1.29, 1.82) is 0 Å². The number of nitrogens with zero attached hydrogens (tertiary/aromatic N) is 5. The molecule has 2 aliphatic heterocycles. The van der Waals surface area contributed by atoms with E-state index < -0.39 is 5.66 Å². The van der Waals surface area contributed by atoms with Gasteiger partial charge < -0.3 is 10.1 Å². The molecule has 0 aliphatic carbocycles. The van der Waals surface area contributed by atoms with Crippen molar-refractivity contribution < 1.29 is 9.53 Å². The smallest absolute Gasteiger partial charge is 0.220 e. The number of terminal acetylenes is 1. The topological polar surface area (TPSA) is 93.8 Å². The molecule has 1 amide bonds. The number of carbonyl (C=O) groups is 1. The average molecular weight is 330 g/mol. The number of aromatic nitrogens is 3. The molecule has 1 aromatic heterocycles. The zero-order chi connectivity index (χ0) is 17.0. The molecule has 0 aromatic carbocycles. The number of rotatable bonds is 8. The SMILES string of the molecule is C#CCCC1(CCC(=O)NC2CCCn3nc(COC)nc32)N=N1. The molecule has 128 valence electrons. The van der Waals surface area contributed by atoms with Crippen molar-refractivity contribution in [3.63, 3.8) is 0 Å². The highest BCUT2D eigenvalue weighted by Gasteiger charge is 2.39. The standard InChI is InChI=1S/C16H22N6O2/c1-3-4-8-16(20-21-16)9-7-14(23)17-12-6-5-10-22-15(12)18-13(19-22)11-24-2/h1,12H,4-11H2,2H3,(H,17,23). The monoisotopic (exact) mass is 330 g/mol. The van der Waals surface area contributed by atoms with Crippen molar-refractivity contribution in [3.05, 3.63) is 11.6 Å². The third kappa shape index (κ3) is 3.79. The number of hydrogen-bond acceptors (Lipinski definition) is 6. The molecule has 1 unspecified atom stereocenters. The molecule has 3 rings (SSSR count). The highest BCUT2D eigenvalue weighted by atomic mass is 16.5. The number of amides is 1. The zero-order valence-electron chi connectivity index (χ0n) is 13.9. The van der Waals surface area contributed by atoms with Gasteiger partial charge in [0.2, 0.25) is 5.91 Å². The summed E-state index contributed by atoms with van der Waals surface area (Å²) in [5.41, 5.74) is -0.415. The van der Waals surface area contributed by atoms with E-state index >= 15 is 0 Å². The second kappa shape index (κ2) is 7.09. The maximum absolute atomic E-state index is 12.3. The highest BCUT2D eigenvalue weighted by molar-refractivity contribution is 5.76. The molecule has 2 aliphatic rings. The molecule has 0 bridgehead atoms. The summed E-state index contributed by atoms with van der Waals surface area (Å²) in [5, 5.41) is 15.6. The Hall–Kier alpha value is -2.27. The van der Waals surface area contributed by atoms with Crippen LogP contribution in [0.25, 0.3) is 0 Å². The van der Waals surface area contributed by atoms with Gasteiger partial charge in [0, 0.05) is 39.3 Å². The van der Waals surface area contributed by atoms with Gasteiger partial charge in [-0.3, -0.25) is 4.79 Å².